The summed E-state index contributed by atoms with van der Waals surface area (Å²) in [7, 11) is 0. The fraction of sp³-hybridized carbons (Fsp3) is 0.125. The van der Waals surface area contributed by atoms with E-state index in [0.29, 0.717) is 26.9 Å². The molecule has 8 heteroatoms. The number of aromatic amines is 2. The number of imidazole rings is 1. The van der Waals surface area contributed by atoms with Gasteiger partial charge in [-0.1, -0.05) is 0 Å². The summed E-state index contributed by atoms with van der Waals surface area (Å²) in [6, 6.07) is 8.96. The van der Waals surface area contributed by atoms with E-state index in [0.717, 1.165) is 0 Å². The Morgan fingerprint density at radius 3 is 2.71 bits per heavy atom. The van der Waals surface area contributed by atoms with Crippen LogP contribution in [0.15, 0.2) is 45.7 Å². The van der Waals surface area contributed by atoms with Crippen LogP contribution in [0.4, 0.5) is 10.1 Å². The zero-order valence-corrected chi connectivity index (χ0v) is 14.1. The molecule has 0 aliphatic rings. The molecule has 0 saturated heterocycles. The first-order chi connectivity index (χ1) is 11.4. The number of fused-ring (bicyclic) bond motifs is 1. The summed E-state index contributed by atoms with van der Waals surface area (Å²) < 4.78 is 19.0. The SMILES string of the molecule is CC(Oc1ccc(F)cc1Br)C(=O)Nc1ccc2[nH]c(=O)[nH]c2c1. The molecule has 0 spiro atoms. The number of carbonyl (C=O) groups excluding carboxylic acids is 1. The Labute approximate surface area is 144 Å². The van der Waals surface area contributed by atoms with Crippen molar-refractivity contribution >= 4 is 38.6 Å². The predicted octanol–water partition coefficient (Wildman–Crippen LogP) is 3.16. The molecule has 1 atom stereocenters. The van der Waals surface area contributed by atoms with E-state index in [1.165, 1.54) is 18.2 Å². The number of halogens is 2. The highest BCUT2D eigenvalue weighted by molar-refractivity contribution is 9.10. The molecule has 0 aliphatic heterocycles. The standard InChI is InChI=1S/C16H13BrFN3O3/c1-8(24-14-5-2-9(18)6-11(14)17)15(22)19-10-3-4-12-13(7-10)21-16(23)20-12/h2-8H,1H3,(H,19,22)(H2,20,21,23). The van der Waals surface area contributed by atoms with E-state index in [1.54, 1.807) is 25.1 Å². The van der Waals surface area contributed by atoms with Crippen molar-refractivity contribution in [3.05, 3.63) is 57.2 Å². The largest absolute Gasteiger partial charge is 0.480 e. The van der Waals surface area contributed by atoms with E-state index >= 15 is 0 Å². The van der Waals surface area contributed by atoms with E-state index in [4.69, 9.17) is 4.74 Å². The molecule has 1 unspecified atom stereocenters. The Morgan fingerprint density at radius 2 is 1.96 bits per heavy atom. The molecule has 3 rings (SSSR count). The molecule has 3 aromatic rings. The number of ether oxygens (including phenoxy) is 1. The van der Waals surface area contributed by atoms with E-state index in [1.807, 2.05) is 0 Å². The van der Waals surface area contributed by atoms with Crippen LogP contribution in [0.1, 0.15) is 6.92 Å². The Morgan fingerprint density at radius 1 is 1.21 bits per heavy atom. The molecule has 1 aromatic heterocycles. The average Bonchev–Trinajstić information content (AvgIpc) is 2.89. The van der Waals surface area contributed by atoms with Gasteiger partial charge in [0.25, 0.3) is 5.91 Å². The van der Waals surface area contributed by atoms with Gasteiger partial charge in [-0.2, -0.15) is 0 Å². The summed E-state index contributed by atoms with van der Waals surface area (Å²) in [4.78, 5) is 28.7. The predicted molar refractivity (Wildman–Crippen MR) is 91.7 cm³/mol. The second-order valence-electron chi connectivity index (χ2n) is 5.16. The van der Waals surface area contributed by atoms with E-state index in [-0.39, 0.29) is 11.6 Å². The molecule has 124 valence electrons. The molecule has 6 nitrogen and oxygen atoms in total. The first-order valence-electron chi connectivity index (χ1n) is 7.07. The number of H-pyrrole nitrogens is 2. The fourth-order valence-corrected chi connectivity index (χ4v) is 2.61. The summed E-state index contributed by atoms with van der Waals surface area (Å²) in [5, 5.41) is 2.70. The van der Waals surface area contributed by atoms with Crippen LogP contribution >= 0.6 is 15.9 Å². The molecule has 0 fully saturated rings. The molecule has 1 heterocycles. The van der Waals surface area contributed by atoms with Crippen LogP contribution in [-0.2, 0) is 4.79 Å². The zero-order chi connectivity index (χ0) is 17.3. The van der Waals surface area contributed by atoms with E-state index in [9.17, 15) is 14.0 Å². The summed E-state index contributed by atoms with van der Waals surface area (Å²) in [6.07, 6.45) is -0.798. The van der Waals surface area contributed by atoms with Crippen molar-refractivity contribution in [2.75, 3.05) is 5.32 Å². The van der Waals surface area contributed by atoms with E-state index < -0.39 is 11.9 Å². The molecule has 1 amide bonds. The molecule has 0 radical (unpaired) electrons. The number of carbonyl (C=O) groups is 1. The lowest BCUT2D eigenvalue weighted by Crippen LogP contribution is -2.30. The van der Waals surface area contributed by atoms with Gasteiger partial charge in [0, 0.05) is 5.69 Å². The summed E-state index contributed by atoms with van der Waals surface area (Å²) >= 11 is 3.19. The van der Waals surface area contributed by atoms with Gasteiger partial charge in [0.1, 0.15) is 11.6 Å². The lowest BCUT2D eigenvalue weighted by molar-refractivity contribution is -0.122. The molecule has 3 N–H and O–H groups in total. The molecule has 0 aliphatic carbocycles. The normalized spacial score (nSPS) is 12.1. The van der Waals surface area contributed by atoms with Crippen LogP contribution < -0.4 is 15.7 Å². The smallest absolute Gasteiger partial charge is 0.323 e. The first kappa shape index (κ1) is 16.3. The molecule has 2 aromatic carbocycles. The number of benzene rings is 2. The quantitative estimate of drug-likeness (QED) is 0.636. The van der Waals surface area contributed by atoms with Crippen molar-refractivity contribution in [1.82, 2.24) is 9.97 Å². The van der Waals surface area contributed by atoms with Gasteiger partial charge >= 0.3 is 5.69 Å². The minimum Gasteiger partial charge on any atom is -0.480 e. The number of rotatable bonds is 4. The highest BCUT2D eigenvalue weighted by Crippen LogP contribution is 2.26. The monoisotopic (exact) mass is 393 g/mol. The van der Waals surface area contributed by atoms with Gasteiger partial charge in [-0.05, 0) is 59.3 Å². The number of aromatic nitrogens is 2. The van der Waals surface area contributed by atoms with Crippen LogP contribution in [0.5, 0.6) is 5.75 Å². The third-order valence-corrected chi connectivity index (χ3v) is 3.97. The fourth-order valence-electron chi connectivity index (χ4n) is 2.17. The van der Waals surface area contributed by atoms with Crippen LogP contribution in [0.3, 0.4) is 0 Å². The number of amides is 1. The van der Waals surface area contributed by atoms with Crippen molar-refractivity contribution < 1.29 is 13.9 Å². The van der Waals surface area contributed by atoms with Gasteiger partial charge in [0.2, 0.25) is 0 Å². The first-order valence-corrected chi connectivity index (χ1v) is 7.86. The van der Waals surface area contributed by atoms with Crippen LogP contribution in [0.25, 0.3) is 11.0 Å². The molecule has 0 bridgehead atoms. The number of hydrogen-bond donors (Lipinski definition) is 3. The molecule has 24 heavy (non-hydrogen) atoms. The minimum atomic E-state index is -0.798. The lowest BCUT2D eigenvalue weighted by Gasteiger charge is -2.15. The summed E-state index contributed by atoms with van der Waals surface area (Å²) in [6.45, 7) is 1.59. The third-order valence-electron chi connectivity index (χ3n) is 3.35. The van der Waals surface area contributed by atoms with Gasteiger partial charge in [-0.3, -0.25) is 4.79 Å². The van der Waals surface area contributed by atoms with Crippen molar-refractivity contribution in [3.8, 4) is 5.75 Å². The average molecular weight is 394 g/mol. The third kappa shape index (κ3) is 3.48. The van der Waals surface area contributed by atoms with Gasteiger partial charge in [-0.15, -0.1) is 0 Å². The Balaban J connectivity index is 1.71. The van der Waals surface area contributed by atoms with Crippen LogP contribution in [0, 0.1) is 5.82 Å². The van der Waals surface area contributed by atoms with Crippen LogP contribution in [-0.4, -0.2) is 22.0 Å². The molecule has 0 saturated carbocycles. The van der Waals surface area contributed by atoms with Gasteiger partial charge < -0.3 is 20.0 Å². The maximum Gasteiger partial charge on any atom is 0.323 e. The van der Waals surface area contributed by atoms with Crippen molar-refractivity contribution in [2.24, 2.45) is 0 Å². The Kier molecular flexibility index (Phi) is 4.39. The number of anilines is 1. The highest BCUT2D eigenvalue weighted by atomic mass is 79.9. The van der Waals surface area contributed by atoms with Gasteiger partial charge in [0.15, 0.2) is 6.10 Å². The zero-order valence-electron chi connectivity index (χ0n) is 12.5. The topological polar surface area (TPSA) is 87.0 Å². The maximum absolute atomic E-state index is 13.1. The molecular formula is C16H13BrFN3O3. The van der Waals surface area contributed by atoms with Gasteiger partial charge in [-0.25, -0.2) is 9.18 Å². The number of hydrogen-bond acceptors (Lipinski definition) is 3. The van der Waals surface area contributed by atoms with Crippen LogP contribution in [0.2, 0.25) is 0 Å². The number of nitrogens with one attached hydrogen (secondary N) is 3. The van der Waals surface area contributed by atoms with E-state index in [2.05, 4.69) is 31.2 Å². The van der Waals surface area contributed by atoms with Gasteiger partial charge in [0.05, 0.1) is 15.5 Å². The Bertz CT molecular complexity index is 967. The highest BCUT2D eigenvalue weighted by Gasteiger charge is 2.17. The second-order valence-corrected chi connectivity index (χ2v) is 6.02. The van der Waals surface area contributed by atoms with Crippen molar-refractivity contribution in [1.29, 1.82) is 0 Å². The second kappa shape index (κ2) is 6.48. The summed E-state index contributed by atoms with van der Waals surface area (Å²) in [5.41, 5.74) is 1.45. The molecular weight excluding hydrogens is 381 g/mol. The minimum absolute atomic E-state index is 0.314. The maximum atomic E-state index is 13.1. The van der Waals surface area contributed by atoms with Crippen molar-refractivity contribution in [3.63, 3.8) is 0 Å². The Hall–Kier alpha value is -2.61. The van der Waals surface area contributed by atoms with Crippen molar-refractivity contribution in [2.45, 2.75) is 13.0 Å². The lowest BCUT2D eigenvalue weighted by atomic mass is 10.2. The summed E-state index contributed by atoms with van der Waals surface area (Å²) in [5.74, 6) is -0.409.